The maximum atomic E-state index is 12.8. The molecule has 0 bridgehead atoms. The molecule has 0 unspecified atom stereocenters. The predicted molar refractivity (Wildman–Crippen MR) is 87.6 cm³/mol. The van der Waals surface area contributed by atoms with Crippen molar-refractivity contribution in [2.24, 2.45) is 0 Å². The molecule has 0 radical (unpaired) electrons. The highest BCUT2D eigenvalue weighted by atomic mass is 32.2. The third-order valence-electron chi connectivity index (χ3n) is 3.57. The van der Waals surface area contributed by atoms with E-state index in [4.69, 9.17) is 0 Å². The first-order valence-corrected chi connectivity index (χ1v) is 9.49. The first kappa shape index (κ1) is 17.5. The number of fused-ring (bicyclic) bond motifs is 3. The zero-order valence-corrected chi connectivity index (χ0v) is 14.5. The van der Waals surface area contributed by atoms with E-state index in [1.807, 2.05) is 0 Å². The van der Waals surface area contributed by atoms with Crippen LogP contribution < -0.4 is 10.3 Å². The largest absolute Gasteiger partial charge is 0.573 e. The van der Waals surface area contributed by atoms with Crippen LogP contribution in [0.15, 0.2) is 50.4 Å². The van der Waals surface area contributed by atoms with Gasteiger partial charge in [-0.05, 0) is 35.7 Å². The highest BCUT2D eigenvalue weighted by Gasteiger charge is 2.32. The SMILES string of the molecule is O=c1[nH]c2c(S(=O)(=O)c3ccc(OC(F)(F)F)cc3)nnn2c2ccsc12. The monoisotopic (exact) mass is 416 g/mol. The number of hydrogen-bond donors (Lipinski definition) is 1. The van der Waals surface area contributed by atoms with Crippen LogP contribution in [0.3, 0.4) is 0 Å². The van der Waals surface area contributed by atoms with Gasteiger partial charge in [0.2, 0.25) is 14.9 Å². The first-order chi connectivity index (χ1) is 12.7. The van der Waals surface area contributed by atoms with Crippen LogP contribution in [0.5, 0.6) is 5.75 Å². The molecular weight excluding hydrogens is 409 g/mol. The fourth-order valence-electron chi connectivity index (χ4n) is 2.46. The molecule has 8 nitrogen and oxygen atoms in total. The summed E-state index contributed by atoms with van der Waals surface area (Å²) in [6.07, 6.45) is -4.89. The number of thiophene rings is 1. The van der Waals surface area contributed by atoms with E-state index >= 15 is 0 Å². The molecule has 4 rings (SSSR count). The Kier molecular flexibility index (Phi) is 3.75. The van der Waals surface area contributed by atoms with Gasteiger partial charge in [0, 0.05) is 0 Å². The average Bonchev–Trinajstić information content (AvgIpc) is 3.20. The van der Waals surface area contributed by atoms with Gasteiger partial charge in [0.15, 0.2) is 5.65 Å². The summed E-state index contributed by atoms with van der Waals surface area (Å²) in [5, 5.41) is 8.54. The molecule has 3 heterocycles. The Morgan fingerprint density at radius 1 is 1.15 bits per heavy atom. The van der Waals surface area contributed by atoms with Gasteiger partial charge < -0.3 is 9.72 Å². The number of halogens is 3. The summed E-state index contributed by atoms with van der Waals surface area (Å²) in [6, 6.07) is 5.22. The van der Waals surface area contributed by atoms with E-state index in [1.165, 1.54) is 4.52 Å². The van der Waals surface area contributed by atoms with Gasteiger partial charge in [0.1, 0.15) is 10.4 Å². The summed E-state index contributed by atoms with van der Waals surface area (Å²) in [4.78, 5) is 14.2. The molecule has 1 aromatic carbocycles. The van der Waals surface area contributed by atoms with Gasteiger partial charge >= 0.3 is 6.36 Å². The molecule has 13 heteroatoms. The topological polar surface area (TPSA) is 106 Å². The number of rotatable bonds is 3. The Hall–Kier alpha value is -2.93. The second kappa shape index (κ2) is 5.79. The molecule has 140 valence electrons. The Labute approximate surface area is 151 Å². The number of aromatic amines is 1. The molecule has 0 fully saturated rings. The molecule has 0 spiro atoms. The minimum atomic E-state index is -4.89. The zero-order valence-electron chi connectivity index (χ0n) is 12.9. The molecular formula is C14H7F3N4O4S2. The van der Waals surface area contributed by atoms with Gasteiger partial charge in [0.05, 0.1) is 10.4 Å². The van der Waals surface area contributed by atoms with Crippen molar-refractivity contribution >= 4 is 37.0 Å². The minimum absolute atomic E-state index is 0.137. The number of nitrogens with zero attached hydrogens (tertiary/aromatic N) is 3. The first-order valence-electron chi connectivity index (χ1n) is 7.12. The van der Waals surface area contributed by atoms with Crippen molar-refractivity contribution in [1.82, 2.24) is 19.8 Å². The number of benzene rings is 1. The van der Waals surface area contributed by atoms with E-state index in [2.05, 4.69) is 20.0 Å². The van der Waals surface area contributed by atoms with E-state index < -0.39 is 32.5 Å². The number of alkyl halides is 3. The van der Waals surface area contributed by atoms with Crippen LogP contribution in [-0.4, -0.2) is 34.6 Å². The molecule has 3 aromatic heterocycles. The highest BCUT2D eigenvalue weighted by molar-refractivity contribution is 7.91. The maximum absolute atomic E-state index is 12.8. The average molecular weight is 416 g/mol. The molecule has 0 saturated heterocycles. The van der Waals surface area contributed by atoms with Crippen LogP contribution in [0.2, 0.25) is 0 Å². The van der Waals surface area contributed by atoms with E-state index in [0.29, 0.717) is 10.2 Å². The van der Waals surface area contributed by atoms with Gasteiger partial charge in [-0.1, -0.05) is 5.21 Å². The summed E-state index contributed by atoms with van der Waals surface area (Å²) < 4.78 is 67.5. The maximum Gasteiger partial charge on any atom is 0.573 e. The van der Waals surface area contributed by atoms with Crippen molar-refractivity contribution < 1.29 is 26.3 Å². The Morgan fingerprint density at radius 2 is 1.85 bits per heavy atom. The van der Waals surface area contributed by atoms with E-state index in [9.17, 15) is 26.4 Å². The van der Waals surface area contributed by atoms with Gasteiger partial charge in [-0.3, -0.25) is 4.79 Å². The lowest BCUT2D eigenvalue weighted by molar-refractivity contribution is -0.274. The molecule has 4 aromatic rings. The Bertz CT molecular complexity index is 1320. The summed E-state index contributed by atoms with van der Waals surface area (Å²) in [5.41, 5.74) is -0.247. The molecule has 0 amide bonds. The molecule has 0 aliphatic heterocycles. The van der Waals surface area contributed by atoms with Gasteiger partial charge in [0.25, 0.3) is 5.56 Å². The van der Waals surface area contributed by atoms with Crippen LogP contribution in [-0.2, 0) is 9.84 Å². The third kappa shape index (κ3) is 2.94. The fourth-order valence-corrected chi connectivity index (χ4v) is 4.48. The normalized spacial score (nSPS) is 12.7. The summed E-state index contributed by atoms with van der Waals surface area (Å²) in [7, 11) is -4.25. The van der Waals surface area contributed by atoms with Crippen molar-refractivity contribution in [3.05, 3.63) is 46.1 Å². The lowest BCUT2D eigenvalue weighted by Gasteiger charge is -2.09. The van der Waals surface area contributed by atoms with E-state index in [0.717, 1.165) is 35.6 Å². The summed E-state index contributed by atoms with van der Waals surface area (Å²) >= 11 is 1.16. The van der Waals surface area contributed by atoms with Crippen LogP contribution in [0.4, 0.5) is 13.2 Å². The van der Waals surface area contributed by atoms with Crippen molar-refractivity contribution in [3.8, 4) is 5.75 Å². The predicted octanol–water partition coefficient (Wildman–Crippen LogP) is 2.36. The number of H-pyrrole nitrogens is 1. The standard InChI is InChI=1S/C14H7F3N4O4S2/c15-14(16,17)25-7-1-3-8(4-2-7)27(23,24)13-11-18-12(22)10-9(5-6-26-10)21(11)20-19-13/h1-6H,(H,18,22). The number of ether oxygens (including phenoxy) is 1. The van der Waals surface area contributed by atoms with Crippen LogP contribution in [0.25, 0.3) is 15.9 Å². The number of hydrogen-bond acceptors (Lipinski definition) is 7. The quantitative estimate of drug-likeness (QED) is 0.550. The van der Waals surface area contributed by atoms with Gasteiger partial charge in [-0.2, -0.15) is 4.52 Å². The van der Waals surface area contributed by atoms with E-state index in [1.54, 1.807) is 11.4 Å². The lowest BCUT2D eigenvalue weighted by Crippen LogP contribution is -2.17. The smallest absolute Gasteiger partial charge is 0.406 e. The highest BCUT2D eigenvalue weighted by Crippen LogP contribution is 2.27. The molecule has 0 saturated carbocycles. The van der Waals surface area contributed by atoms with Crippen LogP contribution in [0.1, 0.15) is 0 Å². The second-order valence-electron chi connectivity index (χ2n) is 5.27. The van der Waals surface area contributed by atoms with Gasteiger partial charge in [-0.15, -0.1) is 29.6 Å². The molecule has 0 atom stereocenters. The van der Waals surface area contributed by atoms with Crippen molar-refractivity contribution in [3.63, 3.8) is 0 Å². The van der Waals surface area contributed by atoms with Crippen molar-refractivity contribution in [1.29, 1.82) is 0 Å². The van der Waals surface area contributed by atoms with Crippen LogP contribution >= 0.6 is 11.3 Å². The number of nitrogens with one attached hydrogen (secondary N) is 1. The Morgan fingerprint density at radius 3 is 2.52 bits per heavy atom. The second-order valence-corrected chi connectivity index (χ2v) is 8.05. The van der Waals surface area contributed by atoms with Gasteiger partial charge in [-0.25, -0.2) is 8.42 Å². The molecule has 0 aliphatic rings. The fraction of sp³-hybridized carbons (Fsp3) is 0.0714. The third-order valence-corrected chi connectivity index (χ3v) is 6.15. The molecule has 0 aliphatic carbocycles. The molecule has 1 N–H and O–H groups in total. The van der Waals surface area contributed by atoms with E-state index in [-0.39, 0.29) is 10.5 Å². The Balaban J connectivity index is 1.83. The van der Waals surface area contributed by atoms with Crippen LogP contribution in [0, 0.1) is 0 Å². The number of aromatic nitrogens is 4. The minimum Gasteiger partial charge on any atom is -0.406 e. The summed E-state index contributed by atoms with van der Waals surface area (Å²) in [6.45, 7) is 0. The lowest BCUT2D eigenvalue weighted by atomic mass is 10.3. The number of sulfone groups is 1. The van der Waals surface area contributed by atoms with Crippen molar-refractivity contribution in [2.75, 3.05) is 0 Å². The molecule has 27 heavy (non-hydrogen) atoms. The van der Waals surface area contributed by atoms with Crippen molar-refractivity contribution in [2.45, 2.75) is 16.3 Å². The zero-order chi connectivity index (χ0) is 19.4. The summed E-state index contributed by atoms with van der Waals surface area (Å²) in [5.74, 6) is -0.567.